The molecule has 0 aromatic heterocycles. The minimum atomic E-state index is -0.625. The van der Waals surface area contributed by atoms with Crippen molar-refractivity contribution < 1.29 is 9.90 Å². The van der Waals surface area contributed by atoms with Gasteiger partial charge in [-0.15, -0.1) is 0 Å². The lowest BCUT2D eigenvalue weighted by atomic mass is 9.70. The number of rotatable bonds is 5. The van der Waals surface area contributed by atoms with Gasteiger partial charge < -0.3 is 10.8 Å². The average molecular weight is 227 g/mol. The highest BCUT2D eigenvalue weighted by Gasteiger charge is 2.33. The van der Waals surface area contributed by atoms with Crippen molar-refractivity contribution in [3.8, 4) is 0 Å². The SMILES string of the molecule is CC1CCC(C(CCCN)C(=O)O)CC1C. The average Bonchev–Trinajstić information content (AvgIpc) is 2.23. The van der Waals surface area contributed by atoms with E-state index in [9.17, 15) is 9.90 Å². The summed E-state index contributed by atoms with van der Waals surface area (Å²) >= 11 is 0. The molecule has 16 heavy (non-hydrogen) atoms. The first kappa shape index (κ1) is 13.5. The Hall–Kier alpha value is -0.570. The van der Waals surface area contributed by atoms with Crippen molar-refractivity contribution in [1.29, 1.82) is 0 Å². The fraction of sp³-hybridized carbons (Fsp3) is 0.923. The summed E-state index contributed by atoms with van der Waals surface area (Å²) in [7, 11) is 0. The van der Waals surface area contributed by atoms with Crippen LogP contribution in [0.25, 0.3) is 0 Å². The maximum absolute atomic E-state index is 11.3. The van der Waals surface area contributed by atoms with Gasteiger partial charge in [-0.1, -0.05) is 20.3 Å². The molecule has 3 heteroatoms. The van der Waals surface area contributed by atoms with Crippen molar-refractivity contribution in [2.24, 2.45) is 29.4 Å². The van der Waals surface area contributed by atoms with Crippen LogP contribution < -0.4 is 5.73 Å². The van der Waals surface area contributed by atoms with Gasteiger partial charge in [0.15, 0.2) is 0 Å². The van der Waals surface area contributed by atoms with Gasteiger partial charge >= 0.3 is 5.97 Å². The second kappa shape index (κ2) is 6.24. The van der Waals surface area contributed by atoms with Gasteiger partial charge in [-0.25, -0.2) is 0 Å². The molecule has 0 radical (unpaired) electrons. The van der Waals surface area contributed by atoms with Crippen LogP contribution in [0.5, 0.6) is 0 Å². The van der Waals surface area contributed by atoms with Gasteiger partial charge in [0, 0.05) is 0 Å². The Bertz CT molecular complexity index is 230. The standard InChI is InChI=1S/C13H25NO2/c1-9-5-6-11(8-10(9)2)12(13(15)16)4-3-7-14/h9-12H,3-8,14H2,1-2H3,(H,15,16). The highest BCUT2D eigenvalue weighted by Crippen LogP contribution is 2.38. The molecular weight excluding hydrogens is 202 g/mol. The molecule has 0 heterocycles. The van der Waals surface area contributed by atoms with Gasteiger partial charge in [0.25, 0.3) is 0 Å². The molecule has 1 fully saturated rings. The van der Waals surface area contributed by atoms with E-state index in [1.807, 2.05) is 0 Å². The molecule has 1 rings (SSSR count). The first-order valence-electron chi connectivity index (χ1n) is 6.49. The normalized spacial score (nSPS) is 32.3. The molecular formula is C13H25NO2. The zero-order valence-electron chi connectivity index (χ0n) is 10.5. The van der Waals surface area contributed by atoms with Crippen LogP contribution in [0, 0.1) is 23.7 Å². The summed E-state index contributed by atoms with van der Waals surface area (Å²) in [6, 6.07) is 0. The Kier molecular flexibility index (Phi) is 5.26. The lowest BCUT2D eigenvalue weighted by Crippen LogP contribution is -2.31. The zero-order chi connectivity index (χ0) is 12.1. The summed E-state index contributed by atoms with van der Waals surface area (Å²) in [4.78, 5) is 11.3. The van der Waals surface area contributed by atoms with E-state index in [-0.39, 0.29) is 5.92 Å². The van der Waals surface area contributed by atoms with Crippen LogP contribution in [-0.4, -0.2) is 17.6 Å². The van der Waals surface area contributed by atoms with Crippen LogP contribution in [0.4, 0.5) is 0 Å². The third-order valence-electron chi connectivity index (χ3n) is 4.24. The maximum atomic E-state index is 11.3. The predicted molar refractivity (Wildman–Crippen MR) is 65.1 cm³/mol. The number of carboxylic acid groups (broad SMARTS) is 1. The van der Waals surface area contributed by atoms with Crippen molar-refractivity contribution in [2.75, 3.05) is 6.54 Å². The van der Waals surface area contributed by atoms with E-state index >= 15 is 0 Å². The number of hydrogen-bond acceptors (Lipinski definition) is 2. The molecule has 0 amide bonds. The van der Waals surface area contributed by atoms with Crippen molar-refractivity contribution in [3.05, 3.63) is 0 Å². The molecule has 4 unspecified atom stereocenters. The number of nitrogens with two attached hydrogens (primary N) is 1. The molecule has 0 saturated heterocycles. The van der Waals surface area contributed by atoms with Gasteiger partial charge in [-0.2, -0.15) is 0 Å². The summed E-state index contributed by atoms with van der Waals surface area (Å²) in [5.41, 5.74) is 5.46. The van der Waals surface area contributed by atoms with E-state index < -0.39 is 5.97 Å². The van der Waals surface area contributed by atoms with Crippen LogP contribution >= 0.6 is 0 Å². The Labute approximate surface area is 98.4 Å². The second-order valence-corrected chi connectivity index (χ2v) is 5.40. The summed E-state index contributed by atoms with van der Waals surface area (Å²) in [5, 5.41) is 9.26. The first-order chi connectivity index (χ1) is 7.56. The van der Waals surface area contributed by atoms with Crippen molar-refractivity contribution in [1.82, 2.24) is 0 Å². The van der Waals surface area contributed by atoms with Gasteiger partial charge in [-0.3, -0.25) is 4.79 Å². The fourth-order valence-corrected chi connectivity index (χ4v) is 2.85. The molecule has 1 aliphatic carbocycles. The zero-order valence-corrected chi connectivity index (χ0v) is 10.5. The summed E-state index contributed by atoms with van der Waals surface area (Å²) < 4.78 is 0. The number of carboxylic acids is 1. The minimum Gasteiger partial charge on any atom is -0.481 e. The highest BCUT2D eigenvalue weighted by molar-refractivity contribution is 5.70. The lowest BCUT2D eigenvalue weighted by molar-refractivity contribution is -0.144. The van der Waals surface area contributed by atoms with E-state index in [1.165, 1.54) is 6.42 Å². The van der Waals surface area contributed by atoms with Gasteiger partial charge in [-0.05, 0) is 50.0 Å². The minimum absolute atomic E-state index is 0.168. The number of hydrogen-bond donors (Lipinski definition) is 2. The molecule has 0 aromatic rings. The van der Waals surface area contributed by atoms with Gasteiger partial charge in [0.05, 0.1) is 5.92 Å². The second-order valence-electron chi connectivity index (χ2n) is 5.40. The molecule has 0 aliphatic heterocycles. The molecule has 3 nitrogen and oxygen atoms in total. The largest absolute Gasteiger partial charge is 0.481 e. The molecule has 0 bridgehead atoms. The van der Waals surface area contributed by atoms with E-state index in [0.29, 0.717) is 18.4 Å². The van der Waals surface area contributed by atoms with Crippen molar-refractivity contribution in [3.63, 3.8) is 0 Å². The van der Waals surface area contributed by atoms with Crippen molar-refractivity contribution in [2.45, 2.75) is 46.0 Å². The highest BCUT2D eigenvalue weighted by atomic mass is 16.4. The molecule has 1 saturated carbocycles. The van der Waals surface area contributed by atoms with E-state index in [4.69, 9.17) is 5.73 Å². The van der Waals surface area contributed by atoms with Crippen LogP contribution in [0.1, 0.15) is 46.0 Å². The summed E-state index contributed by atoms with van der Waals surface area (Å²) in [6.45, 7) is 5.12. The van der Waals surface area contributed by atoms with E-state index in [2.05, 4.69) is 13.8 Å². The molecule has 0 spiro atoms. The molecule has 4 atom stereocenters. The Morgan fingerprint density at radius 2 is 2.06 bits per heavy atom. The summed E-state index contributed by atoms with van der Waals surface area (Å²) in [5.74, 6) is 0.993. The number of aliphatic carboxylic acids is 1. The first-order valence-corrected chi connectivity index (χ1v) is 6.49. The molecule has 0 aromatic carbocycles. The van der Waals surface area contributed by atoms with Crippen LogP contribution in [-0.2, 0) is 4.79 Å². The van der Waals surface area contributed by atoms with Gasteiger partial charge in [0.2, 0.25) is 0 Å². The van der Waals surface area contributed by atoms with Crippen LogP contribution in [0.2, 0.25) is 0 Å². The number of carbonyl (C=O) groups is 1. The third kappa shape index (κ3) is 3.48. The quantitative estimate of drug-likeness (QED) is 0.758. The van der Waals surface area contributed by atoms with Gasteiger partial charge in [0.1, 0.15) is 0 Å². The van der Waals surface area contributed by atoms with Crippen molar-refractivity contribution >= 4 is 5.97 Å². The third-order valence-corrected chi connectivity index (χ3v) is 4.24. The fourth-order valence-electron chi connectivity index (χ4n) is 2.85. The maximum Gasteiger partial charge on any atom is 0.306 e. The smallest absolute Gasteiger partial charge is 0.306 e. The molecule has 94 valence electrons. The Morgan fingerprint density at radius 1 is 1.38 bits per heavy atom. The van der Waals surface area contributed by atoms with Crippen LogP contribution in [0.15, 0.2) is 0 Å². The van der Waals surface area contributed by atoms with Crippen LogP contribution in [0.3, 0.4) is 0 Å². The molecule has 3 N–H and O–H groups in total. The van der Waals surface area contributed by atoms with E-state index in [1.54, 1.807) is 0 Å². The summed E-state index contributed by atoms with van der Waals surface area (Å²) in [6.07, 6.45) is 4.91. The van der Waals surface area contributed by atoms with E-state index in [0.717, 1.165) is 31.6 Å². The predicted octanol–water partition coefficient (Wildman–Crippen LogP) is 2.50. The monoisotopic (exact) mass is 227 g/mol. The Morgan fingerprint density at radius 3 is 2.56 bits per heavy atom. The lowest BCUT2D eigenvalue weighted by Gasteiger charge is -2.35. The molecule has 1 aliphatic rings. The Balaban J connectivity index is 2.54. The topological polar surface area (TPSA) is 63.3 Å².